The molecule has 3 aromatic heterocycles. The molecule has 0 atom stereocenters. The van der Waals surface area contributed by atoms with Crippen molar-refractivity contribution in [2.24, 2.45) is 0 Å². The number of nitrogens with zero attached hydrogens (tertiary/aromatic N) is 12. The van der Waals surface area contributed by atoms with E-state index in [1.165, 1.54) is 88.9 Å². The van der Waals surface area contributed by atoms with Crippen LogP contribution in [0.3, 0.4) is 0 Å². The van der Waals surface area contributed by atoms with Gasteiger partial charge in [-0.05, 0) is 165 Å². The molecule has 9 heterocycles. The van der Waals surface area contributed by atoms with Crippen molar-refractivity contribution in [1.82, 2.24) is 29.9 Å². The number of fused-ring (bicyclic) bond motifs is 24. The predicted octanol–water partition coefficient (Wildman–Crippen LogP) is 33.9. The van der Waals surface area contributed by atoms with Gasteiger partial charge >= 0.3 is 0 Å². The van der Waals surface area contributed by atoms with Gasteiger partial charge in [0.25, 0.3) is 0 Å². The van der Waals surface area contributed by atoms with E-state index in [1.54, 1.807) is 0 Å². The maximum absolute atomic E-state index is 5.41. The second-order valence-corrected chi connectivity index (χ2v) is 35.1. The lowest BCUT2D eigenvalue weighted by Crippen LogP contribution is -2.25. The van der Waals surface area contributed by atoms with Crippen molar-refractivity contribution >= 4 is 135 Å². The SMILES string of the molecule is c1ccc(-c2cc(-c3ccccc3)nc(-c3ccc(N4c5ccccc5N5c6ccccc6-c6ccccc6-c6cccc4c65)cc3)n2)cc1.c1ccc(-c2nc(N3c4ccccc4N4c5ccccc5-c5ccccc5-c5cccc3c54)nc3ccccc23)cc1.c1ccc2c(c1)-c1ccccc1N1c3ccccc3N(c3nc(-c4ccc5ccccc5c4)c4ccccc4n3)c3cccc-2c31. The predicted molar refractivity (Wildman–Crippen MR) is 568 cm³/mol. The summed E-state index contributed by atoms with van der Waals surface area (Å²) in [5.74, 6) is 2.00. The summed E-state index contributed by atoms with van der Waals surface area (Å²) in [5, 5.41) is 4.47. The number of rotatable bonds is 8. The van der Waals surface area contributed by atoms with Gasteiger partial charge in [-0.1, -0.05) is 364 Å². The number of hydrogen-bond donors (Lipinski definition) is 0. The number of hydrogen-bond acceptors (Lipinski definition) is 12. The van der Waals surface area contributed by atoms with E-state index in [9.17, 15) is 0 Å². The van der Waals surface area contributed by atoms with Gasteiger partial charge in [-0.15, -0.1) is 0 Å². The highest BCUT2D eigenvalue weighted by molar-refractivity contribution is 6.17. The van der Waals surface area contributed by atoms with Crippen LogP contribution in [0.5, 0.6) is 0 Å². The second kappa shape index (κ2) is 32.6. The average molecular weight is 1760 g/mol. The Kier molecular flexibility index (Phi) is 18.7. The molecule has 0 N–H and O–H groups in total. The normalized spacial score (nSPS) is 12.6. The third-order valence-electron chi connectivity index (χ3n) is 27.4. The standard InChI is InChI=1S/C46H30N4.C42H26N4.C38H24N4/c1-3-14-31(15-4-1)39-30-40(32-16-5-2-6-17-32)48-46(47-39)33-26-28-34(29-27-33)49-42-23-11-12-24-43(42)50-41-22-10-9-20-37(41)35-18-7-8-19-36(35)38-21-13-25-44(49)45(38)50;1-2-13-28-26-29(25-24-27(28)12-1)40-34-17-5-7-19-35(34)43-42(44-40)46-38-22-10-9-21-37(38)45-36-20-8-6-16-32(36)30-14-3-4-15-31(30)33-18-11-23-39(46)41(33)45;1-2-13-25(14-3-1)36-30-18-6-8-20-31(30)39-38(40-36)42-34-23-11-10-22-33(34)41-32-21-9-7-17-28(32)26-15-4-5-16-27(26)29-19-12-24-35(42)37(29)41/h1-30H;1-26H;1-24H. The van der Waals surface area contributed by atoms with Crippen molar-refractivity contribution in [3.63, 3.8) is 0 Å². The van der Waals surface area contributed by atoms with E-state index in [4.69, 9.17) is 29.9 Å². The molecule has 0 spiro atoms. The molecule has 138 heavy (non-hydrogen) atoms. The largest absolute Gasteiger partial charge is 0.306 e. The molecule has 0 aliphatic carbocycles. The van der Waals surface area contributed by atoms with Crippen molar-refractivity contribution in [3.05, 3.63) is 485 Å². The molecule has 0 saturated carbocycles. The molecule has 644 valence electrons. The molecule has 0 amide bonds. The maximum atomic E-state index is 5.41. The molecule has 23 aromatic rings. The third kappa shape index (κ3) is 12.9. The van der Waals surface area contributed by atoms with Gasteiger partial charge in [0, 0.05) is 77.7 Å². The lowest BCUT2D eigenvalue weighted by Gasteiger charge is -2.41. The summed E-state index contributed by atoms with van der Waals surface area (Å²) >= 11 is 0. The van der Waals surface area contributed by atoms with Gasteiger partial charge in [-0.3, -0.25) is 9.80 Å². The summed E-state index contributed by atoms with van der Waals surface area (Å²) in [5.41, 5.74) is 43.0. The van der Waals surface area contributed by atoms with Crippen LogP contribution < -0.4 is 29.4 Å². The minimum Gasteiger partial charge on any atom is -0.306 e. The molecule has 0 unspecified atom stereocenters. The highest BCUT2D eigenvalue weighted by atomic mass is 15.4. The first-order valence-corrected chi connectivity index (χ1v) is 46.7. The van der Waals surface area contributed by atoms with Crippen molar-refractivity contribution in [2.75, 3.05) is 29.4 Å². The topological polar surface area (TPSA) is 96.8 Å². The fourth-order valence-electron chi connectivity index (χ4n) is 21.3. The van der Waals surface area contributed by atoms with Crippen molar-refractivity contribution in [1.29, 1.82) is 0 Å². The molecule has 29 rings (SSSR count). The van der Waals surface area contributed by atoms with Crippen molar-refractivity contribution in [3.8, 4) is 123 Å². The second-order valence-electron chi connectivity index (χ2n) is 35.1. The summed E-state index contributed by atoms with van der Waals surface area (Å²) in [6.45, 7) is 0. The monoisotopic (exact) mass is 1760 g/mol. The quantitative estimate of drug-likeness (QED) is 0.145. The molecular formula is C126H80N12. The summed E-state index contributed by atoms with van der Waals surface area (Å²) in [6, 6.07) is 172. The Labute approximate surface area is 797 Å². The summed E-state index contributed by atoms with van der Waals surface area (Å²) < 4.78 is 0. The van der Waals surface area contributed by atoms with E-state index in [-0.39, 0.29) is 0 Å². The zero-order chi connectivity index (χ0) is 90.8. The lowest BCUT2D eigenvalue weighted by atomic mass is 9.94. The van der Waals surface area contributed by atoms with Crippen LogP contribution in [0.1, 0.15) is 0 Å². The summed E-state index contributed by atoms with van der Waals surface area (Å²) in [6.07, 6.45) is 0. The first-order valence-electron chi connectivity index (χ1n) is 46.7. The summed E-state index contributed by atoms with van der Waals surface area (Å²) in [7, 11) is 0. The van der Waals surface area contributed by atoms with Gasteiger partial charge in [-0.25, -0.2) is 29.9 Å². The van der Waals surface area contributed by atoms with E-state index in [0.717, 1.165) is 152 Å². The minimum absolute atomic E-state index is 0.646. The van der Waals surface area contributed by atoms with Crippen LogP contribution >= 0.6 is 0 Å². The Morgan fingerprint density at radius 1 is 0.152 bits per heavy atom. The van der Waals surface area contributed by atoms with E-state index in [1.807, 2.05) is 48.5 Å². The fraction of sp³-hybridized carbons (Fsp3) is 0. The van der Waals surface area contributed by atoms with Crippen LogP contribution in [0.25, 0.3) is 156 Å². The highest BCUT2D eigenvalue weighted by Crippen LogP contribution is 2.65. The first kappa shape index (κ1) is 79.0. The zero-order valence-electron chi connectivity index (χ0n) is 74.6. The van der Waals surface area contributed by atoms with Crippen LogP contribution in [-0.4, -0.2) is 29.9 Å². The van der Waals surface area contributed by atoms with Gasteiger partial charge in [0.15, 0.2) is 5.82 Å². The van der Waals surface area contributed by atoms with Gasteiger partial charge < -0.3 is 19.6 Å². The average Bonchev–Trinajstić information content (AvgIpc) is 1.47. The molecule has 0 saturated heterocycles. The molecule has 20 aromatic carbocycles. The van der Waals surface area contributed by atoms with E-state index in [0.29, 0.717) is 17.7 Å². The molecule has 0 fully saturated rings. The Balaban J connectivity index is 0.000000105. The first-order chi connectivity index (χ1) is 68.5. The van der Waals surface area contributed by atoms with Gasteiger partial charge in [-0.2, -0.15) is 0 Å². The molecule has 12 heteroatoms. The highest BCUT2D eigenvalue weighted by Gasteiger charge is 2.42. The van der Waals surface area contributed by atoms with E-state index < -0.39 is 0 Å². The Morgan fingerprint density at radius 3 is 0.855 bits per heavy atom. The van der Waals surface area contributed by atoms with Gasteiger partial charge in [0.05, 0.1) is 119 Å². The Bertz CT molecular complexity index is 8790. The molecule has 6 aliphatic rings. The van der Waals surface area contributed by atoms with Crippen molar-refractivity contribution in [2.45, 2.75) is 0 Å². The number of aromatic nitrogens is 6. The van der Waals surface area contributed by atoms with E-state index >= 15 is 0 Å². The fourth-order valence-corrected chi connectivity index (χ4v) is 21.3. The molecular weight excluding hydrogens is 1680 g/mol. The Hall–Kier alpha value is -18.8. The van der Waals surface area contributed by atoms with Crippen LogP contribution in [0.15, 0.2) is 485 Å². The smallest absolute Gasteiger partial charge is 0.235 e. The van der Waals surface area contributed by atoms with Crippen molar-refractivity contribution < 1.29 is 0 Å². The minimum atomic E-state index is 0.646. The molecule has 0 radical (unpaired) electrons. The number of anilines is 18. The van der Waals surface area contributed by atoms with Gasteiger partial charge in [0.2, 0.25) is 11.9 Å². The van der Waals surface area contributed by atoms with Gasteiger partial charge in [0.1, 0.15) is 0 Å². The molecule has 6 aliphatic heterocycles. The lowest BCUT2D eigenvalue weighted by molar-refractivity contribution is 1.08. The van der Waals surface area contributed by atoms with Crippen LogP contribution in [0, 0.1) is 0 Å². The maximum Gasteiger partial charge on any atom is 0.235 e. The van der Waals surface area contributed by atoms with Crippen LogP contribution in [-0.2, 0) is 0 Å². The van der Waals surface area contributed by atoms with Crippen LogP contribution in [0.2, 0.25) is 0 Å². The number of para-hydroxylation sites is 14. The third-order valence-corrected chi connectivity index (χ3v) is 27.4. The molecule has 12 nitrogen and oxygen atoms in total. The zero-order valence-corrected chi connectivity index (χ0v) is 74.6. The molecule has 0 bridgehead atoms. The Morgan fingerprint density at radius 2 is 0.442 bits per heavy atom. The number of benzene rings is 20. The van der Waals surface area contributed by atoms with E-state index in [2.05, 4.69) is 466 Å². The van der Waals surface area contributed by atoms with Crippen LogP contribution in [0.4, 0.5) is 103 Å². The summed E-state index contributed by atoms with van der Waals surface area (Å²) in [4.78, 5) is 45.5.